The number of amides is 1. The Labute approximate surface area is 184 Å². The zero-order valence-electron chi connectivity index (χ0n) is 18.3. The molecule has 7 nitrogen and oxygen atoms in total. The highest BCUT2D eigenvalue weighted by atomic mass is 32.2. The predicted molar refractivity (Wildman–Crippen MR) is 122 cm³/mol. The number of carbonyl (C=O) groups excluding carboxylic acids is 1. The van der Waals surface area contributed by atoms with Gasteiger partial charge in [0.15, 0.2) is 9.84 Å². The maximum absolute atomic E-state index is 12.9. The van der Waals surface area contributed by atoms with E-state index in [1.54, 1.807) is 6.92 Å². The molecule has 0 aromatic heterocycles. The fraction of sp³-hybridized carbons (Fsp3) is 0.522. The lowest BCUT2D eigenvalue weighted by molar-refractivity contribution is -0.126. The highest BCUT2D eigenvalue weighted by Crippen LogP contribution is 2.32. The molecule has 1 amide bonds. The molecular weight excluding hydrogens is 412 g/mol. The Morgan fingerprint density at radius 1 is 1.39 bits per heavy atom. The SMILES string of the molecule is CC(C)N=C1CC(C(=O)NC2(C)CS(=O)(=O)C2)CCC1=C(N)c1cccc(CC#N)c1. The molecule has 2 aliphatic rings. The first-order chi connectivity index (χ1) is 14.5. The van der Waals surface area contributed by atoms with Crippen molar-refractivity contribution in [1.29, 1.82) is 5.26 Å². The van der Waals surface area contributed by atoms with Crippen LogP contribution in [-0.4, -0.2) is 43.1 Å². The molecule has 8 heteroatoms. The molecule has 1 aromatic carbocycles. The number of nitrogens with two attached hydrogens (primary N) is 1. The Balaban J connectivity index is 1.82. The van der Waals surface area contributed by atoms with Gasteiger partial charge in [0.1, 0.15) is 0 Å². The van der Waals surface area contributed by atoms with Crippen LogP contribution in [0.3, 0.4) is 0 Å². The van der Waals surface area contributed by atoms with Crippen LogP contribution in [0.4, 0.5) is 0 Å². The van der Waals surface area contributed by atoms with E-state index < -0.39 is 15.4 Å². The lowest BCUT2D eigenvalue weighted by Crippen LogP contribution is -2.64. The minimum absolute atomic E-state index is 0.0114. The summed E-state index contributed by atoms with van der Waals surface area (Å²) in [7, 11) is -3.03. The first-order valence-electron chi connectivity index (χ1n) is 10.6. The zero-order valence-corrected chi connectivity index (χ0v) is 19.1. The van der Waals surface area contributed by atoms with E-state index in [9.17, 15) is 13.2 Å². The number of aliphatic imine (C=N–C) groups is 1. The number of nitrogens with zero attached hydrogens (tertiary/aromatic N) is 2. The molecule has 2 fully saturated rings. The Morgan fingerprint density at radius 3 is 2.71 bits per heavy atom. The van der Waals surface area contributed by atoms with Gasteiger partial charge in [-0.1, -0.05) is 18.2 Å². The lowest BCUT2D eigenvalue weighted by atomic mass is 9.81. The Morgan fingerprint density at radius 2 is 2.10 bits per heavy atom. The number of sulfone groups is 1. The summed E-state index contributed by atoms with van der Waals surface area (Å²) in [5, 5.41) is 11.9. The Bertz CT molecular complexity index is 1070. The van der Waals surface area contributed by atoms with Gasteiger partial charge in [-0.25, -0.2) is 8.42 Å². The number of nitriles is 1. The summed E-state index contributed by atoms with van der Waals surface area (Å²) in [5.74, 6) is -0.410. The van der Waals surface area contributed by atoms with Crippen molar-refractivity contribution in [2.45, 2.75) is 58.0 Å². The molecule has 3 rings (SSSR count). The van der Waals surface area contributed by atoms with Gasteiger partial charge in [0, 0.05) is 29.8 Å². The van der Waals surface area contributed by atoms with Crippen LogP contribution in [-0.2, 0) is 21.1 Å². The van der Waals surface area contributed by atoms with Crippen LogP contribution in [0.5, 0.6) is 0 Å². The van der Waals surface area contributed by atoms with Gasteiger partial charge in [-0.3, -0.25) is 9.79 Å². The van der Waals surface area contributed by atoms with Crippen LogP contribution in [0.1, 0.15) is 51.2 Å². The van der Waals surface area contributed by atoms with Crippen LogP contribution in [0.15, 0.2) is 34.8 Å². The van der Waals surface area contributed by atoms with Gasteiger partial charge in [-0.2, -0.15) is 5.26 Å². The maximum atomic E-state index is 12.9. The van der Waals surface area contributed by atoms with E-state index in [1.165, 1.54) is 0 Å². The molecule has 1 aromatic rings. The number of rotatable bonds is 5. The van der Waals surface area contributed by atoms with Gasteiger partial charge in [0.05, 0.1) is 29.5 Å². The van der Waals surface area contributed by atoms with E-state index in [-0.39, 0.29) is 29.4 Å². The molecule has 1 saturated carbocycles. The first kappa shape index (κ1) is 23.0. The van der Waals surface area contributed by atoms with Crippen LogP contribution in [0.2, 0.25) is 0 Å². The summed E-state index contributed by atoms with van der Waals surface area (Å²) >= 11 is 0. The second kappa shape index (κ2) is 8.83. The van der Waals surface area contributed by atoms with Crippen molar-refractivity contribution in [1.82, 2.24) is 5.32 Å². The third-order valence-corrected chi connectivity index (χ3v) is 7.82. The first-order valence-corrected chi connectivity index (χ1v) is 12.4. The molecule has 1 heterocycles. The fourth-order valence-corrected chi connectivity index (χ4v) is 6.39. The van der Waals surface area contributed by atoms with Crippen molar-refractivity contribution < 1.29 is 13.2 Å². The van der Waals surface area contributed by atoms with Gasteiger partial charge in [-0.05, 0) is 56.4 Å². The molecule has 1 atom stereocenters. The third kappa shape index (κ3) is 5.53. The monoisotopic (exact) mass is 442 g/mol. The fourth-order valence-electron chi connectivity index (χ4n) is 4.39. The number of allylic oxidation sites excluding steroid dienone is 1. The largest absolute Gasteiger partial charge is 0.398 e. The van der Waals surface area contributed by atoms with Crippen LogP contribution >= 0.6 is 0 Å². The molecular formula is C23H30N4O3S. The minimum Gasteiger partial charge on any atom is -0.398 e. The van der Waals surface area contributed by atoms with E-state index in [1.807, 2.05) is 38.1 Å². The molecule has 3 N–H and O–H groups in total. The molecule has 0 bridgehead atoms. The van der Waals surface area contributed by atoms with Crippen molar-refractivity contribution in [2.24, 2.45) is 16.6 Å². The van der Waals surface area contributed by atoms with Gasteiger partial charge in [0.2, 0.25) is 5.91 Å². The number of hydrogen-bond acceptors (Lipinski definition) is 6. The minimum atomic E-state index is -3.03. The van der Waals surface area contributed by atoms with Crippen molar-refractivity contribution in [2.75, 3.05) is 11.5 Å². The molecule has 31 heavy (non-hydrogen) atoms. The Kier molecular flexibility index (Phi) is 6.56. The lowest BCUT2D eigenvalue weighted by Gasteiger charge is -2.40. The summed E-state index contributed by atoms with van der Waals surface area (Å²) in [6.07, 6.45) is 2.04. The van der Waals surface area contributed by atoms with Crippen LogP contribution < -0.4 is 11.1 Å². The summed E-state index contributed by atoms with van der Waals surface area (Å²) < 4.78 is 23.1. The summed E-state index contributed by atoms with van der Waals surface area (Å²) in [5.41, 5.74) is 10.0. The van der Waals surface area contributed by atoms with E-state index in [0.717, 1.165) is 22.4 Å². The average molecular weight is 443 g/mol. The maximum Gasteiger partial charge on any atom is 0.223 e. The number of benzene rings is 1. The van der Waals surface area contributed by atoms with Gasteiger partial charge in [0.25, 0.3) is 0 Å². The number of hydrogen-bond donors (Lipinski definition) is 2. The van der Waals surface area contributed by atoms with Crippen LogP contribution in [0, 0.1) is 17.2 Å². The normalized spacial score (nSPS) is 24.9. The topological polar surface area (TPSA) is 125 Å². The van der Waals surface area contributed by atoms with Crippen molar-refractivity contribution in [3.8, 4) is 6.07 Å². The second-order valence-corrected chi connectivity index (χ2v) is 11.2. The summed E-state index contributed by atoms with van der Waals surface area (Å²) in [6.45, 7) is 5.74. The van der Waals surface area contributed by atoms with Crippen LogP contribution in [0.25, 0.3) is 5.70 Å². The van der Waals surface area contributed by atoms with Crippen molar-refractivity contribution in [3.63, 3.8) is 0 Å². The van der Waals surface area contributed by atoms with Gasteiger partial charge < -0.3 is 11.1 Å². The molecule has 1 aliphatic carbocycles. The summed E-state index contributed by atoms with van der Waals surface area (Å²) in [6, 6.07) is 9.85. The highest BCUT2D eigenvalue weighted by molar-refractivity contribution is 7.93. The summed E-state index contributed by atoms with van der Waals surface area (Å²) in [4.78, 5) is 17.6. The van der Waals surface area contributed by atoms with E-state index in [0.29, 0.717) is 31.4 Å². The van der Waals surface area contributed by atoms with E-state index in [2.05, 4.69) is 11.4 Å². The Hall–Kier alpha value is -2.66. The van der Waals surface area contributed by atoms with E-state index in [4.69, 9.17) is 16.0 Å². The molecule has 0 spiro atoms. The van der Waals surface area contributed by atoms with Crippen molar-refractivity contribution >= 4 is 27.2 Å². The third-order valence-electron chi connectivity index (χ3n) is 5.66. The van der Waals surface area contributed by atoms with E-state index >= 15 is 0 Å². The van der Waals surface area contributed by atoms with Crippen molar-refractivity contribution in [3.05, 3.63) is 41.0 Å². The molecule has 1 aliphatic heterocycles. The highest BCUT2D eigenvalue weighted by Gasteiger charge is 2.46. The van der Waals surface area contributed by atoms with Gasteiger partial charge >= 0.3 is 0 Å². The quantitative estimate of drug-likeness (QED) is 0.724. The predicted octanol–water partition coefficient (Wildman–Crippen LogP) is 2.38. The molecule has 166 valence electrons. The smallest absolute Gasteiger partial charge is 0.223 e. The number of carbonyl (C=O) groups is 1. The number of nitrogens with one attached hydrogen (secondary N) is 1. The molecule has 0 radical (unpaired) electrons. The van der Waals surface area contributed by atoms with Gasteiger partial charge in [-0.15, -0.1) is 0 Å². The standard InChI is InChI=1S/C23H30N4O3S/c1-15(2)26-20-12-18(22(28)27-23(3)13-31(29,30)14-23)7-8-19(20)21(25)17-6-4-5-16(11-17)9-10-24/h4-6,11,15,18H,7-9,12-14,25H2,1-3H3,(H,27,28). The zero-order chi connectivity index (χ0) is 22.8. The molecule has 1 saturated heterocycles. The average Bonchev–Trinajstić information content (AvgIpc) is 2.65. The second-order valence-electron chi connectivity index (χ2n) is 9.12. The molecule has 1 unspecified atom stereocenters.